The van der Waals surface area contributed by atoms with E-state index in [9.17, 15) is 14.0 Å². The Morgan fingerprint density at radius 2 is 1.87 bits per heavy atom. The van der Waals surface area contributed by atoms with Gasteiger partial charge in [-0.3, -0.25) is 4.79 Å². The number of hydrogen-bond donors (Lipinski definition) is 0. The highest BCUT2D eigenvalue weighted by atomic mass is 35.5. The molecule has 1 aliphatic heterocycles. The van der Waals surface area contributed by atoms with Crippen LogP contribution in [0.3, 0.4) is 0 Å². The molecule has 0 saturated carbocycles. The molecule has 1 atom stereocenters. The highest BCUT2D eigenvalue weighted by Gasteiger charge is 2.38. The number of fused-ring (bicyclic) bond motifs is 1. The van der Waals surface area contributed by atoms with Gasteiger partial charge < -0.3 is 14.2 Å². The van der Waals surface area contributed by atoms with Gasteiger partial charge in [0.05, 0.1) is 31.4 Å². The molecule has 1 aromatic heterocycles. The molecule has 6 nitrogen and oxygen atoms in total. The third-order valence-electron chi connectivity index (χ3n) is 5.21. The number of halogens is 2. The Balaban J connectivity index is 1.65. The van der Waals surface area contributed by atoms with Gasteiger partial charge >= 0.3 is 5.97 Å². The van der Waals surface area contributed by atoms with Gasteiger partial charge in [-0.05, 0) is 42.0 Å². The molecule has 0 fully saturated rings. The van der Waals surface area contributed by atoms with Gasteiger partial charge in [0, 0.05) is 23.6 Å². The minimum absolute atomic E-state index is 0.193. The summed E-state index contributed by atoms with van der Waals surface area (Å²) in [5, 5.41) is 0.656. The Labute approximate surface area is 177 Å². The lowest BCUT2D eigenvalue weighted by Crippen LogP contribution is -2.49. The molecule has 3 aromatic rings. The highest BCUT2D eigenvalue weighted by Crippen LogP contribution is 2.26. The van der Waals surface area contributed by atoms with Gasteiger partial charge in [-0.15, -0.1) is 0 Å². The van der Waals surface area contributed by atoms with Crippen LogP contribution >= 0.6 is 11.6 Å². The molecule has 0 N–H and O–H groups in total. The summed E-state index contributed by atoms with van der Waals surface area (Å²) in [7, 11) is 1.29. The second-order valence-electron chi connectivity index (χ2n) is 7.08. The van der Waals surface area contributed by atoms with E-state index in [0.29, 0.717) is 17.1 Å². The third kappa shape index (κ3) is 3.93. The van der Waals surface area contributed by atoms with Crippen molar-refractivity contribution in [3.05, 3.63) is 88.2 Å². The number of carbonyl (C=O) groups is 2. The number of carbonyl (C=O) groups excluding carboxylic acids is 2. The molecule has 0 radical (unpaired) electrons. The number of rotatable bonds is 4. The summed E-state index contributed by atoms with van der Waals surface area (Å²) in [5.74, 6) is -1.31. The first kappa shape index (κ1) is 20.1. The van der Waals surface area contributed by atoms with Gasteiger partial charge in [-0.1, -0.05) is 23.7 Å². The maximum absolute atomic E-state index is 13.3. The van der Waals surface area contributed by atoms with Crippen LogP contribution in [0.4, 0.5) is 4.39 Å². The summed E-state index contributed by atoms with van der Waals surface area (Å²) in [6.07, 6.45) is 1.96. The first-order chi connectivity index (χ1) is 14.5. The molecule has 0 saturated heterocycles. The van der Waals surface area contributed by atoms with Gasteiger partial charge in [0.15, 0.2) is 0 Å². The Bertz CT molecular complexity index is 1080. The van der Waals surface area contributed by atoms with E-state index < -0.39 is 17.8 Å². The van der Waals surface area contributed by atoms with Crippen LogP contribution in [-0.2, 0) is 29.0 Å². The maximum Gasteiger partial charge on any atom is 0.329 e. The Morgan fingerprint density at radius 1 is 1.17 bits per heavy atom. The lowest BCUT2D eigenvalue weighted by molar-refractivity contribution is -0.146. The average molecular weight is 428 g/mol. The standard InChI is InChI=1S/C22H19ClFN3O3/c1-30-22(29)19-10-18-20(12-27(19)21(28)15-4-8-17(24)9-5-15)26(13-25-18)11-14-2-6-16(23)7-3-14/h2-9,13,19H,10-12H2,1H3/t19-/m1/s1. The van der Waals surface area contributed by atoms with Crippen LogP contribution in [0, 0.1) is 5.82 Å². The van der Waals surface area contributed by atoms with E-state index in [0.717, 1.165) is 17.0 Å². The molecule has 1 aliphatic rings. The van der Waals surface area contributed by atoms with E-state index in [4.69, 9.17) is 16.3 Å². The number of nitrogens with zero attached hydrogens (tertiary/aromatic N) is 3. The van der Waals surface area contributed by atoms with E-state index in [1.165, 1.54) is 36.3 Å². The fraction of sp³-hybridized carbons (Fsp3) is 0.227. The Hall–Kier alpha value is -3.19. The summed E-state index contributed by atoms with van der Waals surface area (Å²) in [6.45, 7) is 0.750. The molecular weight excluding hydrogens is 409 g/mol. The second kappa shape index (κ2) is 8.28. The molecule has 4 rings (SSSR count). The van der Waals surface area contributed by atoms with E-state index >= 15 is 0 Å². The summed E-state index contributed by atoms with van der Waals surface area (Å²) < 4.78 is 20.1. The normalized spacial score (nSPS) is 15.6. The van der Waals surface area contributed by atoms with Crippen LogP contribution in [-0.4, -0.2) is 39.5 Å². The van der Waals surface area contributed by atoms with Crippen molar-refractivity contribution in [2.75, 3.05) is 7.11 Å². The number of hydrogen-bond acceptors (Lipinski definition) is 4. The molecule has 0 aliphatic carbocycles. The predicted molar refractivity (Wildman–Crippen MR) is 109 cm³/mol. The number of aromatic nitrogens is 2. The van der Waals surface area contributed by atoms with E-state index in [-0.39, 0.29) is 18.9 Å². The second-order valence-corrected chi connectivity index (χ2v) is 7.51. The SMILES string of the molecule is COC(=O)[C@H]1Cc2ncn(Cc3ccc(Cl)cc3)c2CN1C(=O)c1ccc(F)cc1. The van der Waals surface area contributed by atoms with Crippen molar-refractivity contribution in [1.29, 1.82) is 0 Å². The summed E-state index contributed by atoms with van der Waals surface area (Å²) in [5.41, 5.74) is 2.94. The molecule has 0 unspecified atom stereocenters. The van der Waals surface area contributed by atoms with Gasteiger partial charge in [0.2, 0.25) is 0 Å². The van der Waals surface area contributed by atoms with Crippen LogP contribution < -0.4 is 0 Å². The van der Waals surface area contributed by atoms with E-state index in [2.05, 4.69) is 4.98 Å². The molecule has 30 heavy (non-hydrogen) atoms. The Kier molecular flexibility index (Phi) is 5.55. The van der Waals surface area contributed by atoms with E-state index in [1.807, 2.05) is 28.8 Å². The lowest BCUT2D eigenvalue weighted by Gasteiger charge is -2.34. The maximum atomic E-state index is 13.3. The lowest BCUT2D eigenvalue weighted by atomic mass is 10.0. The van der Waals surface area contributed by atoms with Crippen LogP contribution in [0.1, 0.15) is 27.3 Å². The summed E-state index contributed by atoms with van der Waals surface area (Å²) in [4.78, 5) is 31.4. The van der Waals surface area contributed by atoms with Crippen molar-refractivity contribution in [3.8, 4) is 0 Å². The van der Waals surface area contributed by atoms with Crippen molar-refractivity contribution < 1.29 is 18.7 Å². The number of methoxy groups -OCH3 is 1. The first-order valence-corrected chi connectivity index (χ1v) is 9.75. The molecular formula is C22H19ClFN3O3. The predicted octanol–water partition coefficient (Wildman–Crippen LogP) is 3.46. The molecule has 0 bridgehead atoms. The first-order valence-electron chi connectivity index (χ1n) is 9.38. The number of benzene rings is 2. The van der Waals surface area contributed by atoms with E-state index in [1.54, 1.807) is 6.33 Å². The smallest absolute Gasteiger partial charge is 0.329 e. The fourth-order valence-corrected chi connectivity index (χ4v) is 3.73. The summed E-state index contributed by atoms with van der Waals surface area (Å²) in [6, 6.07) is 12.0. The molecule has 8 heteroatoms. The number of esters is 1. The van der Waals surface area contributed by atoms with Crippen molar-refractivity contribution in [2.45, 2.75) is 25.6 Å². The van der Waals surface area contributed by atoms with Crippen LogP contribution in [0.5, 0.6) is 0 Å². The van der Waals surface area contributed by atoms with Crippen molar-refractivity contribution in [1.82, 2.24) is 14.5 Å². The van der Waals surface area contributed by atoms with Gasteiger partial charge in [-0.2, -0.15) is 0 Å². The quantitative estimate of drug-likeness (QED) is 0.598. The molecule has 1 amide bonds. The minimum atomic E-state index is -0.793. The van der Waals surface area contributed by atoms with Crippen molar-refractivity contribution >= 4 is 23.5 Å². The zero-order chi connectivity index (χ0) is 21.3. The largest absolute Gasteiger partial charge is 0.467 e. The molecule has 0 spiro atoms. The topological polar surface area (TPSA) is 64.4 Å². The molecule has 2 heterocycles. The monoisotopic (exact) mass is 427 g/mol. The van der Waals surface area contributed by atoms with Gasteiger partial charge in [0.1, 0.15) is 11.9 Å². The Morgan fingerprint density at radius 3 is 2.53 bits per heavy atom. The zero-order valence-corrected chi connectivity index (χ0v) is 17.0. The van der Waals surface area contributed by atoms with Gasteiger partial charge in [-0.25, -0.2) is 14.2 Å². The number of imidazole rings is 1. The highest BCUT2D eigenvalue weighted by molar-refractivity contribution is 6.30. The molecule has 2 aromatic carbocycles. The zero-order valence-electron chi connectivity index (χ0n) is 16.2. The minimum Gasteiger partial charge on any atom is -0.467 e. The third-order valence-corrected chi connectivity index (χ3v) is 5.46. The van der Waals surface area contributed by atoms with Crippen molar-refractivity contribution in [3.63, 3.8) is 0 Å². The van der Waals surface area contributed by atoms with Crippen molar-refractivity contribution in [2.24, 2.45) is 0 Å². The summed E-state index contributed by atoms with van der Waals surface area (Å²) >= 11 is 5.96. The fourth-order valence-electron chi connectivity index (χ4n) is 3.61. The molecule has 154 valence electrons. The number of amides is 1. The van der Waals surface area contributed by atoms with Crippen LogP contribution in [0.2, 0.25) is 5.02 Å². The van der Waals surface area contributed by atoms with Crippen LogP contribution in [0.25, 0.3) is 0 Å². The van der Waals surface area contributed by atoms with Gasteiger partial charge in [0.25, 0.3) is 5.91 Å². The number of ether oxygens (including phenoxy) is 1. The average Bonchev–Trinajstić information content (AvgIpc) is 3.15. The van der Waals surface area contributed by atoms with Crippen LogP contribution in [0.15, 0.2) is 54.9 Å².